The van der Waals surface area contributed by atoms with Gasteiger partial charge in [0.25, 0.3) is 0 Å². The van der Waals surface area contributed by atoms with Gasteiger partial charge in [-0.05, 0) is 0 Å². The zero-order valence-corrected chi connectivity index (χ0v) is 5.45. The molecule has 0 aliphatic carbocycles. The number of nitrogens with one attached hydrogen (secondary N) is 1. The Labute approximate surface area is 58.1 Å². The van der Waals surface area contributed by atoms with Crippen molar-refractivity contribution in [1.29, 1.82) is 0 Å². The maximum absolute atomic E-state index is 10.3. The van der Waals surface area contributed by atoms with Crippen LogP contribution in [0.2, 0.25) is 0 Å². The molecule has 6 heteroatoms. The van der Waals surface area contributed by atoms with Crippen LogP contribution < -0.4 is 5.39 Å². The average Bonchev–Trinajstić information content (AvgIpc) is 1.97. The van der Waals surface area contributed by atoms with Crippen molar-refractivity contribution < 1.29 is 25.3 Å². The highest BCUT2D eigenvalue weighted by Gasteiger charge is 1.95. The Kier molecular flexibility index (Phi) is 6.71. The highest BCUT2D eigenvalue weighted by molar-refractivity contribution is 4.13. The molecule has 0 atom stereocenters. The summed E-state index contributed by atoms with van der Waals surface area (Å²) in [4.78, 5) is 8.54. The van der Waals surface area contributed by atoms with Gasteiger partial charge in [0, 0.05) is 0 Å². The molecule has 0 spiro atoms. The van der Waals surface area contributed by atoms with Crippen molar-refractivity contribution in [2.24, 2.45) is 0 Å². The lowest BCUT2D eigenvalue weighted by Crippen LogP contribution is -3.05. The third-order valence-corrected chi connectivity index (χ3v) is 0.622. The Morgan fingerprint density at radius 2 is 1.50 bits per heavy atom. The molecule has 10 heavy (non-hydrogen) atoms. The molecule has 0 aliphatic rings. The lowest BCUT2D eigenvalue weighted by atomic mass is 10.8. The summed E-state index contributed by atoms with van der Waals surface area (Å²) < 4.78 is 0. The van der Waals surface area contributed by atoms with E-state index in [1.807, 2.05) is 0 Å². The number of hydrogen-bond donors (Lipinski definition) is 3. The standard InChI is InChI=1S/C4H11NO5/c6-1-3-9-5(8)10-4-2-7/h5-7H,1-4H2. The largest absolute Gasteiger partial charge is 0.566 e. The second-order valence-electron chi connectivity index (χ2n) is 1.39. The summed E-state index contributed by atoms with van der Waals surface area (Å²) >= 11 is 0. The Morgan fingerprint density at radius 1 is 1.10 bits per heavy atom. The van der Waals surface area contributed by atoms with Crippen molar-refractivity contribution in [3.05, 3.63) is 5.21 Å². The SMILES string of the molecule is [O-][NH+](OCCO)OCCO. The first-order valence-electron chi connectivity index (χ1n) is 2.82. The van der Waals surface area contributed by atoms with Crippen LogP contribution in [0.25, 0.3) is 0 Å². The second kappa shape index (κ2) is 6.87. The van der Waals surface area contributed by atoms with Crippen molar-refractivity contribution in [3.8, 4) is 0 Å². The van der Waals surface area contributed by atoms with Crippen molar-refractivity contribution >= 4 is 0 Å². The molecule has 0 rings (SSSR count). The smallest absolute Gasteiger partial charge is 0.134 e. The van der Waals surface area contributed by atoms with Crippen molar-refractivity contribution in [2.75, 3.05) is 26.4 Å². The first-order valence-corrected chi connectivity index (χ1v) is 2.82. The molecule has 0 aromatic heterocycles. The molecule has 0 amide bonds. The van der Waals surface area contributed by atoms with Gasteiger partial charge in [-0.2, -0.15) is 9.68 Å². The molecule has 0 aromatic carbocycles. The van der Waals surface area contributed by atoms with E-state index in [0.29, 0.717) is 0 Å². The highest BCUT2D eigenvalue weighted by Crippen LogP contribution is 1.61. The quantitative estimate of drug-likeness (QED) is 0.359. The van der Waals surface area contributed by atoms with Crippen LogP contribution in [0, 0.1) is 5.21 Å². The van der Waals surface area contributed by atoms with E-state index in [1.165, 1.54) is 0 Å². The zero-order valence-electron chi connectivity index (χ0n) is 5.45. The van der Waals surface area contributed by atoms with Gasteiger partial charge in [-0.25, -0.2) is 0 Å². The maximum Gasteiger partial charge on any atom is 0.134 e. The molecule has 0 unspecified atom stereocenters. The first kappa shape index (κ1) is 9.76. The number of aliphatic hydroxyl groups excluding tert-OH is 2. The molecule has 6 nitrogen and oxygen atoms in total. The zero-order chi connectivity index (χ0) is 7.82. The summed E-state index contributed by atoms with van der Waals surface area (Å²) in [6, 6.07) is 0. The number of rotatable bonds is 6. The summed E-state index contributed by atoms with van der Waals surface area (Å²) in [6.07, 6.45) is 0. The van der Waals surface area contributed by atoms with Crippen LogP contribution in [0.4, 0.5) is 0 Å². The summed E-state index contributed by atoms with van der Waals surface area (Å²) in [5.41, 5.74) is 0. The van der Waals surface area contributed by atoms with E-state index < -0.39 is 5.39 Å². The minimum atomic E-state index is -0.872. The van der Waals surface area contributed by atoms with Crippen molar-refractivity contribution in [3.63, 3.8) is 0 Å². The number of hydrogen-bond acceptors (Lipinski definition) is 5. The van der Waals surface area contributed by atoms with Gasteiger partial charge in [-0.1, -0.05) is 5.39 Å². The molecule has 0 heterocycles. The first-order chi connectivity index (χ1) is 4.81. The summed E-state index contributed by atoms with van der Waals surface area (Å²) in [7, 11) is 0. The molecule has 0 saturated heterocycles. The molecule has 3 N–H and O–H groups in total. The summed E-state index contributed by atoms with van der Waals surface area (Å²) in [6.45, 7) is -0.614. The lowest BCUT2D eigenvalue weighted by molar-refractivity contribution is -1.21. The van der Waals surface area contributed by atoms with Crippen LogP contribution in [0.1, 0.15) is 0 Å². The van der Waals surface area contributed by atoms with Gasteiger partial charge in [0.2, 0.25) is 0 Å². The summed E-state index contributed by atoms with van der Waals surface area (Å²) in [5, 5.41) is 25.7. The molecule has 0 fully saturated rings. The van der Waals surface area contributed by atoms with Gasteiger partial charge in [-0.3, -0.25) is 0 Å². The van der Waals surface area contributed by atoms with E-state index in [2.05, 4.69) is 9.68 Å². The fourth-order valence-corrected chi connectivity index (χ4v) is 0.300. The predicted molar refractivity (Wildman–Crippen MR) is 30.4 cm³/mol. The van der Waals surface area contributed by atoms with Gasteiger partial charge in [-0.15, -0.1) is 0 Å². The predicted octanol–water partition coefficient (Wildman–Crippen LogP) is -2.78. The van der Waals surface area contributed by atoms with Gasteiger partial charge in [0.15, 0.2) is 0 Å². The molecule has 0 saturated carbocycles. The average molecular weight is 153 g/mol. The Hall–Kier alpha value is -0.240. The molecule has 0 aliphatic heterocycles. The van der Waals surface area contributed by atoms with E-state index in [9.17, 15) is 5.21 Å². The topological polar surface area (TPSA) is 86.4 Å². The second-order valence-corrected chi connectivity index (χ2v) is 1.39. The fourth-order valence-electron chi connectivity index (χ4n) is 0.300. The monoisotopic (exact) mass is 153 g/mol. The molecular formula is C4H11NO5. The van der Waals surface area contributed by atoms with E-state index in [1.54, 1.807) is 0 Å². The molecule has 62 valence electrons. The Bertz CT molecular complexity index is 62.7. The third kappa shape index (κ3) is 5.89. The fraction of sp³-hybridized carbons (Fsp3) is 1.00. The summed E-state index contributed by atoms with van der Waals surface area (Å²) in [5.74, 6) is 0. The van der Waals surface area contributed by atoms with Crippen molar-refractivity contribution in [2.45, 2.75) is 0 Å². The van der Waals surface area contributed by atoms with E-state index in [-0.39, 0.29) is 26.4 Å². The van der Waals surface area contributed by atoms with Gasteiger partial charge in [0.05, 0.1) is 13.2 Å². The molecule has 0 bridgehead atoms. The van der Waals surface area contributed by atoms with Crippen LogP contribution in [-0.2, 0) is 9.68 Å². The maximum atomic E-state index is 10.3. The minimum Gasteiger partial charge on any atom is -0.566 e. The highest BCUT2D eigenvalue weighted by atomic mass is 17.1. The molecule has 0 radical (unpaired) electrons. The third-order valence-electron chi connectivity index (χ3n) is 0.622. The van der Waals surface area contributed by atoms with E-state index >= 15 is 0 Å². The van der Waals surface area contributed by atoms with Crippen LogP contribution in [-0.4, -0.2) is 36.6 Å². The normalized spacial score (nSPS) is 10.8. The molecular weight excluding hydrogens is 142 g/mol. The van der Waals surface area contributed by atoms with Crippen LogP contribution >= 0.6 is 0 Å². The number of quaternary nitrogens is 1. The lowest BCUT2D eigenvalue weighted by Gasteiger charge is -2.15. The van der Waals surface area contributed by atoms with E-state index in [0.717, 1.165) is 0 Å². The van der Waals surface area contributed by atoms with Gasteiger partial charge >= 0.3 is 0 Å². The van der Waals surface area contributed by atoms with Crippen molar-refractivity contribution in [1.82, 2.24) is 0 Å². The van der Waals surface area contributed by atoms with Gasteiger partial charge in [0.1, 0.15) is 13.2 Å². The van der Waals surface area contributed by atoms with Crippen LogP contribution in [0.3, 0.4) is 0 Å². The Morgan fingerprint density at radius 3 is 1.80 bits per heavy atom. The Balaban J connectivity index is 3.00. The van der Waals surface area contributed by atoms with Crippen LogP contribution in [0.5, 0.6) is 0 Å². The minimum absolute atomic E-state index is 0.0791. The van der Waals surface area contributed by atoms with Gasteiger partial charge < -0.3 is 15.4 Å². The number of aliphatic hydroxyl groups is 2. The van der Waals surface area contributed by atoms with E-state index in [4.69, 9.17) is 10.2 Å². The van der Waals surface area contributed by atoms with Crippen LogP contribution in [0.15, 0.2) is 0 Å². The molecule has 0 aromatic rings.